The third-order valence-electron chi connectivity index (χ3n) is 4.41. The van der Waals surface area contributed by atoms with Crippen LogP contribution in [0.3, 0.4) is 0 Å². The van der Waals surface area contributed by atoms with E-state index >= 15 is 0 Å². The smallest absolute Gasteiger partial charge is 0.251 e. The number of piperidine rings is 1. The maximum absolute atomic E-state index is 12.5. The van der Waals surface area contributed by atoms with Crippen molar-refractivity contribution in [2.45, 2.75) is 25.8 Å². The second kappa shape index (κ2) is 7.46. The number of amides is 1. The lowest BCUT2D eigenvalue weighted by molar-refractivity contribution is 0.0931. The normalized spacial score (nSPS) is 15.1. The van der Waals surface area contributed by atoms with E-state index in [2.05, 4.69) is 25.2 Å². The molecule has 2 aromatic rings. The highest BCUT2D eigenvalue weighted by molar-refractivity contribution is 5.95. The Morgan fingerprint density at radius 2 is 1.96 bits per heavy atom. The van der Waals surface area contributed by atoms with Crippen LogP contribution in [0.25, 0.3) is 0 Å². The summed E-state index contributed by atoms with van der Waals surface area (Å²) >= 11 is 0. The lowest BCUT2D eigenvalue weighted by atomic mass is 10.0. The highest BCUT2D eigenvalue weighted by atomic mass is 16.1. The van der Waals surface area contributed by atoms with Gasteiger partial charge < -0.3 is 15.1 Å². The molecule has 25 heavy (non-hydrogen) atoms. The summed E-state index contributed by atoms with van der Waals surface area (Å²) < 4.78 is 0. The molecule has 0 aliphatic carbocycles. The van der Waals surface area contributed by atoms with Crippen molar-refractivity contribution in [3.8, 4) is 0 Å². The molecule has 1 N–H and O–H groups in total. The van der Waals surface area contributed by atoms with Gasteiger partial charge in [0.1, 0.15) is 18.0 Å². The molecule has 1 fully saturated rings. The first-order valence-corrected chi connectivity index (χ1v) is 8.51. The van der Waals surface area contributed by atoms with Gasteiger partial charge in [0, 0.05) is 56.7 Å². The van der Waals surface area contributed by atoms with Gasteiger partial charge in [0.25, 0.3) is 5.91 Å². The number of hydrogen-bond donors (Lipinski definition) is 1. The molecule has 1 saturated heterocycles. The van der Waals surface area contributed by atoms with Gasteiger partial charge in [-0.25, -0.2) is 15.0 Å². The molecule has 2 aromatic heterocycles. The van der Waals surface area contributed by atoms with E-state index in [4.69, 9.17) is 0 Å². The maximum atomic E-state index is 12.5. The monoisotopic (exact) mass is 340 g/mol. The van der Waals surface area contributed by atoms with E-state index in [1.807, 2.05) is 38.1 Å². The number of pyridine rings is 1. The molecule has 0 radical (unpaired) electrons. The molecule has 0 saturated carbocycles. The predicted octanol–water partition coefficient (Wildman–Crippen LogP) is 1.64. The van der Waals surface area contributed by atoms with E-state index < -0.39 is 0 Å². The number of nitrogens with zero attached hydrogens (tertiary/aromatic N) is 5. The third-order valence-corrected chi connectivity index (χ3v) is 4.41. The van der Waals surface area contributed by atoms with Gasteiger partial charge in [0.2, 0.25) is 0 Å². The van der Waals surface area contributed by atoms with E-state index in [9.17, 15) is 4.79 Å². The van der Waals surface area contributed by atoms with E-state index in [0.29, 0.717) is 5.56 Å². The lowest BCUT2D eigenvalue weighted by Crippen LogP contribution is -2.45. The van der Waals surface area contributed by atoms with Gasteiger partial charge in [-0.1, -0.05) is 0 Å². The van der Waals surface area contributed by atoms with Crippen LogP contribution in [0.2, 0.25) is 0 Å². The van der Waals surface area contributed by atoms with E-state index in [-0.39, 0.29) is 11.9 Å². The van der Waals surface area contributed by atoms with Gasteiger partial charge >= 0.3 is 0 Å². The number of aryl methyl sites for hydroxylation is 1. The first-order chi connectivity index (χ1) is 12.0. The average molecular weight is 340 g/mol. The Labute approximate surface area is 148 Å². The Hall–Kier alpha value is -2.70. The lowest BCUT2D eigenvalue weighted by Gasteiger charge is -2.33. The molecule has 3 rings (SSSR count). The molecule has 0 unspecified atom stereocenters. The third kappa shape index (κ3) is 4.23. The highest BCUT2D eigenvalue weighted by Crippen LogP contribution is 2.18. The second-order valence-electron chi connectivity index (χ2n) is 6.55. The minimum absolute atomic E-state index is 0.0400. The maximum Gasteiger partial charge on any atom is 0.251 e. The van der Waals surface area contributed by atoms with Crippen LogP contribution in [0.1, 0.15) is 28.9 Å². The van der Waals surface area contributed by atoms with Crippen LogP contribution in [0.4, 0.5) is 11.6 Å². The van der Waals surface area contributed by atoms with Crippen LogP contribution in [-0.2, 0) is 0 Å². The number of nitrogens with one attached hydrogen (secondary N) is 1. The Morgan fingerprint density at radius 3 is 2.64 bits per heavy atom. The summed E-state index contributed by atoms with van der Waals surface area (Å²) in [5.41, 5.74) is 1.61. The summed E-state index contributed by atoms with van der Waals surface area (Å²) in [6.07, 6.45) is 5.08. The van der Waals surface area contributed by atoms with Crippen molar-refractivity contribution in [2.24, 2.45) is 0 Å². The molecule has 0 atom stereocenters. The van der Waals surface area contributed by atoms with Gasteiger partial charge in [0.05, 0.1) is 0 Å². The summed E-state index contributed by atoms with van der Waals surface area (Å²) in [6, 6.07) is 5.75. The molecular weight excluding hydrogens is 316 g/mol. The molecule has 7 heteroatoms. The van der Waals surface area contributed by atoms with Crippen molar-refractivity contribution < 1.29 is 4.79 Å². The van der Waals surface area contributed by atoms with Gasteiger partial charge in [-0.2, -0.15) is 0 Å². The predicted molar refractivity (Wildman–Crippen MR) is 98.0 cm³/mol. The number of hydrogen-bond acceptors (Lipinski definition) is 6. The van der Waals surface area contributed by atoms with Gasteiger partial charge in [-0.05, 0) is 31.9 Å². The molecular formula is C18H24N6O. The topological polar surface area (TPSA) is 74.2 Å². The molecule has 0 bridgehead atoms. The fourth-order valence-electron chi connectivity index (χ4n) is 2.94. The number of rotatable bonds is 4. The van der Waals surface area contributed by atoms with E-state index in [0.717, 1.165) is 43.3 Å². The zero-order chi connectivity index (χ0) is 17.8. The van der Waals surface area contributed by atoms with E-state index in [1.54, 1.807) is 18.6 Å². The van der Waals surface area contributed by atoms with Gasteiger partial charge in [0.15, 0.2) is 0 Å². The number of carbonyl (C=O) groups excluding carboxylic acids is 1. The molecule has 1 aliphatic heterocycles. The average Bonchev–Trinajstić information content (AvgIpc) is 2.62. The summed E-state index contributed by atoms with van der Waals surface area (Å²) in [4.78, 5) is 29.3. The Kier molecular flexibility index (Phi) is 5.11. The Bertz CT molecular complexity index is 740. The summed E-state index contributed by atoms with van der Waals surface area (Å²) in [7, 11) is 3.82. The highest BCUT2D eigenvalue weighted by Gasteiger charge is 2.22. The van der Waals surface area contributed by atoms with Gasteiger partial charge in [-0.3, -0.25) is 4.79 Å². The zero-order valence-corrected chi connectivity index (χ0v) is 14.9. The summed E-state index contributed by atoms with van der Waals surface area (Å²) in [5.74, 6) is 1.70. The fourth-order valence-corrected chi connectivity index (χ4v) is 2.94. The largest absolute Gasteiger partial charge is 0.363 e. The van der Waals surface area contributed by atoms with Crippen molar-refractivity contribution in [1.82, 2.24) is 20.3 Å². The summed E-state index contributed by atoms with van der Waals surface area (Å²) in [5, 5.41) is 3.14. The number of anilines is 2. The van der Waals surface area contributed by atoms with Crippen LogP contribution in [0, 0.1) is 6.92 Å². The van der Waals surface area contributed by atoms with Crippen molar-refractivity contribution in [3.63, 3.8) is 0 Å². The molecule has 1 aliphatic rings. The molecule has 3 heterocycles. The van der Waals surface area contributed by atoms with Gasteiger partial charge in [-0.15, -0.1) is 0 Å². The molecule has 0 spiro atoms. The van der Waals surface area contributed by atoms with Crippen molar-refractivity contribution >= 4 is 17.5 Å². The molecule has 132 valence electrons. The van der Waals surface area contributed by atoms with Crippen LogP contribution >= 0.6 is 0 Å². The fraction of sp³-hybridized carbons (Fsp3) is 0.444. The minimum Gasteiger partial charge on any atom is -0.363 e. The van der Waals surface area contributed by atoms with Crippen LogP contribution in [-0.4, -0.2) is 54.1 Å². The van der Waals surface area contributed by atoms with Crippen LogP contribution in [0.15, 0.2) is 30.7 Å². The van der Waals surface area contributed by atoms with Crippen LogP contribution in [0.5, 0.6) is 0 Å². The minimum atomic E-state index is -0.0400. The van der Waals surface area contributed by atoms with Crippen LogP contribution < -0.4 is 15.1 Å². The second-order valence-corrected chi connectivity index (χ2v) is 6.55. The number of aromatic nitrogens is 3. The summed E-state index contributed by atoms with van der Waals surface area (Å²) in [6.45, 7) is 3.72. The molecule has 7 nitrogen and oxygen atoms in total. The zero-order valence-electron chi connectivity index (χ0n) is 14.9. The standard InChI is InChI=1S/C18H24N6O/c1-13-10-17(21-12-20-13)24-8-5-15(6-9-24)22-18(25)14-4-7-19-16(11-14)23(2)3/h4,7,10-12,15H,5-6,8-9H2,1-3H3,(H,22,25). The SMILES string of the molecule is Cc1cc(N2CCC(NC(=O)c3ccnc(N(C)C)c3)CC2)ncn1. The van der Waals surface area contributed by atoms with Crippen molar-refractivity contribution in [1.29, 1.82) is 0 Å². The van der Waals surface area contributed by atoms with Crippen molar-refractivity contribution in [2.75, 3.05) is 37.0 Å². The molecule has 1 amide bonds. The quantitative estimate of drug-likeness (QED) is 0.912. The molecule has 0 aromatic carbocycles. The Morgan fingerprint density at radius 1 is 1.20 bits per heavy atom. The first-order valence-electron chi connectivity index (χ1n) is 8.51. The number of carbonyl (C=O) groups is 1. The first kappa shape index (κ1) is 17.1. The Balaban J connectivity index is 1.57. The van der Waals surface area contributed by atoms with E-state index in [1.165, 1.54) is 0 Å². The van der Waals surface area contributed by atoms with Crippen molar-refractivity contribution in [3.05, 3.63) is 42.0 Å².